The van der Waals surface area contributed by atoms with E-state index in [0.29, 0.717) is 0 Å². The first-order valence-electron chi connectivity index (χ1n) is 10.6. The van der Waals surface area contributed by atoms with Gasteiger partial charge < -0.3 is 5.32 Å². The van der Waals surface area contributed by atoms with Crippen LogP contribution >= 0.6 is 0 Å². The maximum Gasteiger partial charge on any atom is 0.270 e. The van der Waals surface area contributed by atoms with E-state index in [4.69, 9.17) is 0 Å². The summed E-state index contributed by atoms with van der Waals surface area (Å²) in [6.45, 7) is 4.22. The zero-order chi connectivity index (χ0) is 19.7. The van der Waals surface area contributed by atoms with Gasteiger partial charge in [0.15, 0.2) is 5.78 Å². The van der Waals surface area contributed by atoms with Gasteiger partial charge in [0.25, 0.3) is 5.69 Å². The zero-order valence-electron chi connectivity index (χ0n) is 16.7. The van der Waals surface area contributed by atoms with Gasteiger partial charge in [-0.25, -0.2) is 0 Å². The molecule has 5 nitrogen and oxygen atoms in total. The molecule has 5 aliphatic rings. The average Bonchev–Trinajstić information content (AvgIpc) is 2.59. The largest absolute Gasteiger partial charge is 0.379 e. The van der Waals surface area contributed by atoms with Gasteiger partial charge >= 0.3 is 0 Å². The molecule has 0 radical (unpaired) electrons. The van der Waals surface area contributed by atoms with Crippen molar-refractivity contribution in [3.05, 3.63) is 45.5 Å². The van der Waals surface area contributed by atoms with Crippen LogP contribution in [0.2, 0.25) is 0 Å². The third-order valence-electron chi connectivity index (χ3n) is 7.54. The van der Waals surface area contributed by atoms with Gasteiger partial charge in [0.05, 0.1) is 4.92 Å². The van der Waals surface area contributed by atoms with Crippen molar-refractivity contribution in [1.29, 1.82) is 0 Å². The van der Waals surface area contributed by atoms with Gasteiger partial charge in [-0.2, -0.15) is 0 Å². The Morgan fingerprint density at radius 2 is 1.75 bits per heavy atom. The summed E-state index contributed by atoms with van der Waals surface area (Å²) >= 11 is 0. The number of rotatable bonds is 3. The van der Waals surface area contributed by atoms with Gasteiger partial charge in [0, 0.05) is 40.4 Å². The van der Waals surface area contributed by atoms with Crippen molar-refractivity contribution in [3.63, 3.8) is 0 Å². The number of hydrogen-bond acceptors (Lipinski definition) is 4. The van der Waals surface area contributed by atoms with Crippen molar-refractivity contribution in [2.75, 3.05) is 0 Å². The third kappa shape index (κ3) is 2.87. The molecule has 0 aromatic heterocycles. The second-order valence-corrected chi connectivity index (χ2v) is 10.4. The van der Waals surface area contributed by atoms with E-state index >= 15 is 0 Å². The Bertz CT molecular complexity index is 864. The second kappa shape index (κ2) is 5.91. The lowest BCUT2D eigenvalue weighted by Crippen LogP contribution is -2.50. The summed E-state index contributed by atoms with van der Waals surface area (Å²) < 4.78 is 0. The minimum atomic E-state index is -0.363. The Morgan fingerprint density at radius 3 is 2.32 bits per heavy atom. The summed E-state index contributed by atoms with van der Waals surface area (Å²) in [6, 6.07) is 5.04. The van der Waals surface area contributed by atoms with Gasteiger partial charge in [0.2, 0.25) is 0 Å². The third-order valence-corrected chi connectivity index (χ3v) is 7.54. The second-order valence-electron chi connectivity index (χ2n) is 10.4. The molecule has 4 bridgehead atoms. The van der Waals surface area contributed by atoms with Crippen LogP contribution in [-0.4, -0.2) is 16.2 Å². The summed E-state index contributed by atoms with van der Waals surface area (Å²) in [4.78, 5) is 24.5. The van der Waals surface area contributed by atoms with Gasteiger partial charge in [-0.15, -0.1) is 0 Å². The van der Waals surface area contributed by atoms with Crippen LogP contribution in [0, 0.1) is 33.3 Å². The molecule has 6 rings (SSSR count). The van der Waals surface area contributed by atoms with Crippen molar-refractivity contribution in [2.45, 2.75) is 64.3 Å². The first kappa shape index (κ1) is 17.9. The zero-order valence-corrected chi connectivity index (χ0v) is 16.7. The molecule has 0 spiro atoms. The Kier molecular flexibility index (Phi) is 3.78. The van der Waals surface area contributed by atoms with E-state index in [2.05, 4.69) is 19.2 Å². The highest BCUT2D eigenvalue weighted by molar-refractivity contribution is 6.01. The number of nitrogens with zero attached hydrogens (tertiary/aromatic N) is 1. The van der Waals surface area contributed by atoms with Gasteiger partial charge in [-0.1, -0.05) is 6.07 Å². The Morgan fingerprint density at radius 1 is 1.14 bits per heavy atom. The summed E-state index contributed by atoms with van der Waals surface area (Å²) in [6.07, 6.45) is 9.60. The molecule has 0 atom stereocenters. The molecule has 4 fully saturated rings. The molecular weight excluding hydrogens is 352 g/mol. The predicted molar refractivity (Wildman–Crippen MR) is 108 cm³/mol. The van der Waals surface area contributed by atoms with E-state index in [1.54, 1.807) is 18.2 Å². The van der Waals surface area contributed by atoms with E-state index in [1.807, 2.05) is 6.07 Å². The first-order chi connectivity index (χ1) is 13.2. The molecule has 1 heterocycles. The maximum absolute atomic E-state index is 13.6. The van der Waals surface area contributed by atoms with Crippen LogP contribution in [0.1, 0.15) is 63.5 Å². The fourth-order valence-corrected chi connectivity index (χ4v) is 6.85. The minimum absolute atomic E-state index is 0.0772. The number of hydrogen-bond donors (Lipinski definition) is 1. The van der Waals surface area contributed by atoms with Crippen LogP contribution < -0.4 is 5.32 Å². The summed E-state index contributed by atoms with van der Waals surface area (Å²) in [5, 5.41) is 14.8. The molecule has 1 N–H and O–H groups in total. The van der Waals surface area contributed by atoms with Crippen LogP contribution in [-0.2, 0) is 11.2 Å². The highest BCUT2D eigenvalue weighted by Crippen LogP contribution is 2.60. The Balaban J connectivity index is 1.53. The number of carbonyl (C=O) groups excluding carboxylic acids is 1. The fourth-order valence-electron chi connectivity index (χ4n) is 6.85. The van der Waals surface area contributed by atoms with Crippen molar-refractivity contribution in [2.24, 2.45) is 23.2 Å². The summed E-state index contributed by atoms with van der Waals surface area (Å²) in [7, 11) is 0. The molecule has 148 valence electrons. The molecule has 0 saturated heterocycles. The highest BCUT2D eigenvalue weighted by atomic mass is 16.6. The van der Waals surface area contributed by atoms with E-state index in [9.17, 15) is 14.9 Å². The quantitative estimate of drug-likeness (QED) is 0.471. The number of nitro benzene ring substituents is 1. The number of fused-ring (bicyclic) bond motifs is 1. The molecule has 4 saturated carbocycles. The van der Waals surface area contributed by atoms with Crippen LogP contribution in [0.5, 0.6) is 0 Å². The predicted octanol–water partition coefficient (Wildman–Crippen LogP) is 4.65. The van der Waals surface area contributed by atoms with Crippen molar-refractivity contribution in [1.82, 2.24) is 5.32 Å². The molecule has 0 unspecified atom stereocenters. The van der Waals surface area contributed by atoms with Crippen LogP contribution in [0.15, 0.2) is 24.3 Å². The topological polar surface area (TPSA) is 72.2 Å². The van der Waals surface area contributed by atoms with Crippen molar-refractivity contribution >= 4 is 17.2 Å². The van der Waals surface area contributed by atoms with E-state index in [0.717, 1.165) is 60.3 Å². The van der Waals surface area contributed by atoms with Crippen LogP contribution in [0.3, 0.4) is 0 Å². The monoisotopic (exact) mass is 380 g/mol. The average molecular weight is 380 g/mol. The number of nitrogens with one attached hydrogen (secondary N) is 1. The van der Waals surface area contributed by atoms with Gasteiger partial charge in [-0.05, 0) is 82.1 Å². The van der Waals surface area contributed by atoms with E-state index in [-0.39, 0.29) is 27.3 Å². The number of non-ortho nitro benzene ring substituents is 1. The number of ketones is 1. The molecule has 0 amide bonds. The first-order valence-corrected chi connectivity index (χ1v) is 10.6. The minimum Gasteiger partial charge on any atom is -0.379 e. The van der Waals surface area contributed by atoms with E-state index < -0.39 is 0 Å². The molecule has 4 aliphatic carbocycles. The Labute approximate surface area is 165 Å². The maximum atomic E-state index is 13.6. The molecule has 28 heavy (non-hydrogen) atoms. The summed E-state index contributed by atoms with van der Waals surface area (Å²) in [5.74, 6) is 2.40. The Hall–Kier alpha value is -2.17. The fraction of sp³-hybridized carbons (Fsp3) is 0.609. The summed E-state index contributed by atoms with van der Waals surface area (Å²) in [5.41, 5.74) is 2.34. The van der Waals surface area contributed by atoms with Gasteiger partial charge in [-0.3, -0.25) is 14.9 Å². The number of allylic oxidation sites excluding steroid dienone is 1. The molecule has 1 aliphatic heterocycles. The lowest BCUT2D eigenvalue weighted by atomic mass is 9.48. The van der Waals surface area contributed by atoms with Crippen LogP contribution in [0.4, 0.5) is 5.69 Å². The standard InChI is InChI=1S/C23H28N2O3/c1-22(2)13-17-3-4-18(25(27)28)8-19(17)20(24-22)9-21(26)23-10-14-5-15(11-23)7-16(6-14)12-23/h3-4,8-9,14-16,24H,5-7,10-13H2,1-2H3. The van der Waals surface area contributed by atoms with Crippen molar-refractivity contribution in [3.8, 4) is 0 Å². The molecule has 5 heteroatoms. The SMILES string of the molecule is CC1(C)Cc2ccc([N+](=O)[O-])cc2C(=CC(=O)C23CC4CC(CC(C4)C2)C3)N1. The number of benzene rings is 1. The lowest BCUT2D eigenvalue weighted by Gasteiger charge is -2.55. The number of nitro groups is 1. The smallest absolute Gasteiger partial charge is 0.270 e. The molecular formula is C23H28N2O3. The number of carbonyl (C=O) groups is 1. The molecule has 1 aromatic rings. The van der Waals surface area contributed by atoms with E-state index in [1.165, 1.54) is 19.3 Å². The normalized spacial score (nSPS) is 36.1. The van der Waals surface area contributed by atoms with Crippen molar-refractivity contribution < 1.29 is 9.72 Å². The highest BCUT2D eigenvalue weighted by Gasteiger charge is 2.54. The molecule has 1 aromatic carbocycles. The lowest BCUT2D eigenvalue weighted by molar-refractivity contribution is -0.384. The van der Waals surface area contributed by atoms with Gasteiger partial charge in [0.1, 0.15) is 0 Å². The van der Waals surface area contributed by atoms with Crippen LogP contribution in [0.25, 0.3) is 5.70 Å².